The molecular formula is C24H28N6O. The Bertz CT molecular complexity index is 1160. The number of primary amides is 1. The third-order valence-corrected chi connectivity index (χ3v) is 5.89. The summed E-state index contributed by atoms with van der Waals surface area (Å²) in [7, 11) is 0. The molecule has 1 aliphatic rings. The molecule has 7 nitrogen and oxygen atoms in total. The molecule has 5 rings (SSSR count). The van der Waals surface area contributed by atoms with E-state index in [-0.39, 0.29) is 5.91 Å². The van der Waals surface area contributed by atoms with Gasteiger partial charge in [-0.3, -0.25) is 9.89 Å². The van der Waals surface area contributed by atoms with Gasteiger partial charge in [0.05, 0.1) is 29.6 Å². The highest BCUT2D eigenvalue weighted by Gasteiger charge is 2.25. The van der Waals surface area contributed by atoms with Gasteiger partial charge in [0.25, 0.3) is 0 Å². The number of amides is 1. The fraction of sp³-hybridized carbons (Fsp3) is 0.333. The second-order valence-corrected chi connectivity index (χ2v) is 8.21. The van der Waals surface area contributed by atoms with Crippen molar-refractivity contribution in [3.05, 3.63) is 54.9 Å². The number of nitrogens with two attached hydrogens (primary N) is 1. The van der Waals surface area contributed by atoms with E-state index in [4.69, 9.17) is 0 Å². The summed E-state index contributed by atoms with van der Waals surface area (Å²) in [6.07, 6.45) is 7.86. The maximum absolute atomic E-state index is 9.59. The number of aromatic nitrogens is 5. The molecule has 1 aliphatic carbocycles. The Balaban J connectivity index is 0.000000418. The molecule has 160 valence electrons. The van der Waals surface area contributed by atoms with Crippen LogP contribution in [0.5, 0.6) is 0 Å². The van der Waals surface area contributed by atoms with E-state index < -0.39 is 0 Å². The first-order chi connectivity index (χ1) is 15.0. The lowest BCUT2D eigenvalue weighted by molar-refractivity contribution is -0.117. The molecule has 2 heterocycles. The molecule has 31 heavy (non-hydrogen) atoms. The number of carbonyl (C=O) groups is 1. The maximum Gasteiger partial charge on any atom is 0.217 e. The standard InChI is InChI=1S/C21H21N5.C3H7NO/c1-14-2-8-19(10-14)26-21(13-23-25-26)16-5-3-15(4-6-16)17-7-9-20-18(11-17)12-22-24-20;1-2-3(4)5/h3-7,9,11-14,19H,2,8,10H2,1H3,(H,22,24);2H2,1H3,(H2,4,5). The van der Waals surface area contributed by atoms with Gasteiger partial charge in [-0.2, -0.15) is 5.10 Å². The Labute approximate surface area is 181 Å². The van der Waals surface area contributed by atoms with Crippen LogP contribution < -0.4 is 5.73 Å². The molecule has 2 aromatic heterocycles. The molecule has 0 bridgehead atoms. The number of rotatable bonds is 4. The Hall–Kier alpha value is -3.48. The van der Waals surface area contributed by atoms with Crippen molar-refractivity contribution in [2.75, 3.05) is 0 Å². The second-order valence-electron chi connectivity index (χ2n) is 8.21. The number of nitrogens with one attached hydrogen (secondary N) is 1. The van der Waals surface area contributed by atoms with Crippen LogP contribution in [0.1, 0.15) is 45.6 Å². The number of fused-ring (bicyclic) bond motifs is 1. The Morgan fingerprint density at radius 2 is 1.81 bits per heavy atom. The quantitative estimate of drug-likeness (QED) is 0.502. The van der Waals surface area contributed by atoms with Crippen LogP contribution in [0.4, 0.5) is 0 Å². The molecule has 1 saturated carbocycles. The molecule has 0 spiro atoms. The second kappa shape index (κ2) is 9.12. The molecule has 0 aliphatic heterocycles. The summed E-state index contributed by atoms with van der Waals surface area (Å²) >= 11 is 0. The Kier molecular flexibility index (Phi) is 6.11. The minimum absolute atomic E-state index is 0.245. The minimum Gasteiger partial charge on any atom is -0.370 e. The van der Waals surface area contributed by atoms with E-state index in [2.05, 4.69) is 80.3 Å². The Morgan fingerprint density at radius 1 is 1.10 bits per heavy atom. The topological polar surface area (TPSA) is 102 Å². The van der Waals surface area contributed by atoms with Crippen LogP contribution >= 0.6 is 0 Å². The zero-order chi connectivity index (χ0) is 21.8. The first kappa shape index (κ1) is 20.8. The van der Waals surface area contributed by atoms with Crippen molar-refractivity contribution < 1.29 is 4.79 Å². The van der Waals surface area contributed by atoms with Crippen molar-refractivity contribution >= 4 is 16.8 Å². The molecule has 1 fully saturated rings. The number of hydrogen-bond acceptors (Lipinski definition) is 4. The minimum atomic E-state index is -0.245. The van der Waals surface area contributed by atoms with Crippen molar-refractivity contribution in [1.29, 1.82) is 0 Å². The molecule has 4 aromatic rings. The van der Waals surface area contributed by atoms with E-state index in [0.29, 0.717) is 12.5 Å². The third kappa shape index (κ3) is 4.66. The first-order valence-corrected chi connectivity index (χ1v) is 10.8. The zero-order valence-electron chi connectivity index (χ0n) is 18.0. The zero-order valence-corrected chi connectivity index (χ0v) is 18.0. The number of aromatic amines is 1. The number of carbonyl (C=O) groups excluding carboxylic acids is 1. The number of nitrogens with zero attached hydrogens (tertiary/aromatic N) is 4. The SMILES string of the molecule is CC1CCC(n2nncc2-c2ccc(-c3ccc4[nH]ncc4c3)cc2)C1.CCC(N)=O. The largest absolute Gasteiger partial charge is 0.370 e. The van der Waals surface area contributed by atoms with Gasteiger partial charge in [-0.1, -0.05) is 49.4 Å². The predicted molar refractivity (Wildman–Crippen MR) is 122 cm³/mol. The van der Waals surface area contributed by atoms with Gasteiger partial charge in [0.1, 0.15) is 0 Å². The molecule has 7 heteroatoms. The molecule has 1 amide bonds. The average Bonchev–Trinajstić information content (AvgIpc) is 3.54. The van der Waals surface area contributed by atoms with Crippen molar-refractivity contribution in [3.8, 4) is 22.4 Å². The van der Waals surface area contributed by atoms with Gasteiger partial charge in [0.15, 0.2) is 0 Å². The molecule has 2 aromatic carbocycles. The first-order valence-electron chi connectivity index (χ1n) is 10.8. The van der Waals surface area contributed by atoms with Crippen LogP contribution in [-0.2, 0) is 4.79 Å². The molecule has 3 N–H and O–H groups in total. The predicted octanol–water partition coefficient (Wildman–Crippen LogP) is 4.73. The fourth-order valence-corrected chi connectivity index (χ4v) is 4.07. The van der Waals surface area contributed by atoms with Gasteiger partial charge in [-0.25, -0.2) is 4.68 Å². The van der Waals surface area contributed by atoms with Crippen LogP contribution in [0.3, 0.4) is 0 Å². The number of H-pyrrole nitrogens is 1. The summed E-state index contributed by atoms with van der Waals surface area (Å²) in [5, 5.41) is 16.8. The summed E-state index contributed by atoms with van der Waals surface area (Å²) in [4.78, 5) is 9.59. The highest BCUT2D eigenvalue weighted by molar-refractivity contribution is 5.84. The summed E-state index contributed by atoms with van der Waals surface area (Å²) < 4.78 is 2.12. The summed E-state index contributed by atoms with van der Waals surface area (Å²) in [5.74, 6) is 0.530. The van der Waals surface area contributed by atoms with Crippen LogP contribution in [0, 0.1) is 5.92 Å². The van der Waals surface area contributed by atoms with E-state index in [0.717, 1.165) is 22.5 Å². The van der Waals surface area contributed by atoms with E-state index in [1.807, 2.05) is 12.4 Å². The molecule has 2 atom stereocenters. The smallest absolute Gasteiger partial charge is 0.217 e. The van der Waals surface area contributed by atoms with Gasteiger partial charge >= 0.3 is 0 Å². The Morgan fingerprint density at radius 3 is 2.48 bits per heavy atom. The van der Waals surface area contributed by atoms with E-state index in [9.17, 15) is 4.79 Å². The molecule has 2 unspecified atom stereocenters. The lowest BCUT2D eigenvalue weighted by Crippen LogP contribution is -2.09. The fourth-order valence-electron chi connectivity index (χ4n) is 4.07. The highest BCUT2D eigenvalue weighted by atomic mass is 16.1. The van der Waals surface area contributed by atoms with Crippen LogP contribution in [0.2, 0.25) is 0 Å². The summed E-state index contributed by atoms with van der Waals surface area (Å²) in [6, 6.07) is 15.5. The van der Waals surface area contributed by atoms with Crippen LogP contribution in [0.25, 0.3) is 33.3 Å². The van der Waals surface area contributed by atoms with E-state index >= 15 is 0 Å². The van der Waals surface area contributed by atoms with Gasteiger partial charge in [0.2, 0.25) is 5.91 Å². The summed E-state index contributed by atoms with van der Waals surface area (Å²) in [6.45, 7) is 4.05. The van der Waals surface area contributed by atoms with Crippen molar-refractivity contribution in [2.24, 2.45) is 11.7 Å². The lowest BCUT2D eigenvalue weighted by Gasteiger charge is -2.13. The van der Waals surface area contributed by atoms with Crippen LogP contribution in [0.15, 0.2) is 54.9 Å². The van der Waals surface area contributed by atoms with E-state index in [1.54, 1.807) is 6.92 Å². The monoisotopic (exact) mass is 416 g/mol. The average molecular weight is 417 g/mol. The third-order valence-electron chi connectivity index (χ3n) is 5.89. The van der Waals surface area contributed by atoms with Crippen LogP contribution in [-0.4, -0.2) is 31.1 Å². The van der Waals surface area contributed by atoms with Gasteiger partial charge in [-0.05, 0) is 48.4 Å². The number of benzene rings is 2. The highest BCUT2D eigenvalue weighted by Crippen LogP contribution is 2.36. The van der Waals surface area contributed by atoms with Gasteiger partial charge in [-0.15, -0.1) is 5.10 Å². The van der Waals surface area contributed by atoms with E-state index in [1.165, 1.54) is 36.0 Å². The number of hydrogen-bond donors (Lipinski definition) is 2. The molecular weight excluding hydrogens is 388 g/mol. The molecule has 0 radical (unpaired) electrons. The van der Waals surface area contributed by atoms with Crippen molar-refractivity contribution in [2.45, 2.75) is 45.6 Å². The normalized spacial score (nSPS) is 18.0. The molecule has 0 saturated heterocycles. The lowest BCUT2D eigenvalue weighted by atomic mass is 10.0. The van der Waals surface area contributed by atoms with Crippen molar-refractivity contribution in [1.82, 2.24) is 25.2 Å². The van der Waals surface area contributed by atoms with Crippen molar-refractivity contribution in [3.63, 3.8) is 0 Å². The van der Waals surface area contributed by atoms with Gasteiger partial charge < -0.3 is 5.73 Å². The van der Waals surface area contributed by atoms with Gasteiger partial charge in [0, 0.05) is 17.4 Å². The summed E-state index contributed by atoms with van der Waals surface area (Å²) in [5.41, 5.74) is 10.4. The maximum atomic E-state index is 9.59.